The lowest BCUT2D eigenvalue weighted by Gasteiger charge is -2.09. The van der Waals surface area contributed by atoms with Crippen LogP contribution in [0.3, 0.4) is 0 Å². The molecule has 0 aliphatic carbocycles. The number of halogens is 2. The molecule has 0 atom stereocenters. The molecule has 0 amide bonds. The van der Waals surface area contributed by atoms with Gasteiger partial charge in [-0.05, 0) is 57.4 Å². The third-order valence-corrected chi connectivity index (χ3v) is 4.55. The summed E-state index contributed by atoms with van der Waals surface area (Å²) < 4.78 is 12.4. The van der Waals surface area contributed by atoms with Crippen LogP contribution in [0.2, 0.25) is 0 Å². The van der Waals surface area contributed by atoms with Gasteiger partial charge in [-0.25, -0.2) is 4.79 Å². The molecule has 0 spiro atoms. The van der Waals surface area contributed by atoms with Crippen molar-refractivity contribution in [1.29, 1.82) is 0 Å². The quantitative estimate of drug-likeness (QED) is 0.352. The van der Waals surface area contributed by atoms with E-state index in [0.29, 0.717) is 16.0 Å². The molecule has 0 bridgehead atoms. The summed E-state index contributed by atoms with van der Waals surface area (Å²) in [6.45, 7) is -0.160. The van der Waals surface area contributed by atoms with Gasteiger partial charge in [-0.3, -0.25) is 0 Å². The molecule has 3 aromatic carbocycles. The summed E-state index contributed by atoms with van der Waals surface area (Å²) in [5.74, 6) is 0.609. The SMILES string of the molecule is O=C(COc1ccc(-c2ccccc2)cc1)Oc1ccc(Br)cc1Br. The van der Waals surface area contributed by atoms with E-state index in [0.717, 1.165) is 15.6 Å². The van der Waals surface area contributed by atoms with Crippen molar-refractivity contribution in [3.63, 3.8) is 0 Å². The number of carbonyl (C=O) groups excluding carboxylic acids is 1. The van der Waals surface area contributed by atoms with Gasteiger partial charge in [0.1, 0.15) is 11.5 Å². The Kier molecular flexibility index (Phi) is 5.89. The molecule has 0 heterocycles. The summed E-state index contributed by atoms with van der Waals surface area (Å²) >= 11 is 6.70. The maximum Gasteiger partial charge on any atom is 0.349 e. The van der Waals surface area contributed by atoms with Gasteiger partial charge < -0.3 is 9.47 Å². The highest BCUT2D eigenvalue weighted by Gasteiger charge is 2.09. The first kappa shape index (κ1) is 17.7. The fourth-order valence-electron chi connectivity index (χ4n) is 2.23. The first-order chi connectivity index (χ1) is 12.1. The zero-order valence-corrected chi connectivity index (χ0v) is 16.3. The fourth-order valence-corrected chi connectivity index (χ4v) is 3.35. The Bertz CT molecular complexity index is 862. The number of carbonyl (C=O) groups is 1. The molecule has 0 aliphatic rings. The van der Waals surface area contributed by atoms with Crippen molar-refractivity contribution >= 4 is 37.8 Å². The molecule has 3 nitrogen and oxygen atoms in total. The molecule has 0 aromatic heterocycles. The Hall–Kier alpha value is -2.11. The van der Waals surface area contributed by atoms with E-state index in [-0.39, 0.29) is 6.61 Å². The summed E-state index contributed by atoms with van der Waals surface area (Å²) in [7, 11) is 0. The highest BCUT2D eigenvalue weighted by Crippen LogP contribution is 2.28. The van der Waals surface area contributed by atoms with Gasteiger partial charge in [0.05, 0.1) is 4.47 Å². The van der Waals surface area contributed by atoms with Crippen LogP contribution in [0.4, 0.5) is 0 Å². The van der Waals surface area contributed by atoms with E-state index in [1.165, 1.54) is 0 Å². The molecule has 3 rings (SSSR count). The summed E-state index contributed by atoms with van der Waals surface area (Å²) in [4.78, 5) is 11.9. The van der Waals surface area contributed by atoms with E-state index in [1.54, 1.807) is 12.1 Å². The second kappa shape index (κ2) is 8.32. The molecular weight excluding hydrogens is 448 g/mol. The van der Waals surface area contributed by atoms with Crippen molar-refractivity contribution in [3.8, 4) is 22.6 Å². The normalized spacial score (nSPS) is 10.3. The van der Waals surface area contributed by atoms with E-state index in [2.05, 4.69) is 31.9 Å². The maximum absolute atomic E-state index is 11.9. The first-order valence-corrected chi connectivity index (χ1v) is 9.14. The molecule has 126 valence electrons. The van der Waals surface area contributed by atoms with E-state index in [1.807, 2.05) is 60.7 Å². The zero-order valence-electron chi connectivity index (χ0n) is 13.1. The average Bonchev–Trinajstić information content (AvgIpc) is 2.63. The van der Waals surface area contributed by atoms with Crippen LogP contribution in [0, 0.1) is 0 Å². The third-order valence-electron chi connectivity index (χ3n) is 3.44. The van der Waals surface area contributed by atoms with Crippen molar-refractivity contribution in [2.45, 2.75) is 0 Å². The highest BCUT2D eigenvalue weighted by atomic mass is 79.9. The molecule has 0 saturated carbocycles. The zero-order chi connectivity index (χ0) is 17.6. The van der Waals surface area contributed by atoms with Crippen LogP contribution in [-0.4, -0.2) is 12.6 Å². The van der Waals surface area contributed by atoms with Crippen LogP contribution in [0.1, 0.15) is 0 Å². The lowest BCUT2D eigenvalue weighted by atomic mass is 10.1. The summed E-state index contributed by atoms with van der Waals surface area (Å²) in [6.07, 6.45) is 0. The summed E-state index contributed by atoms with van der Waals surface area (Å²) in [5, 5.41) is 0. The van der Waals surface area contributed by atoms with Crippen molar-refractivity contribution in [2.24, 2.45) is 0 Å². The molecular formula is C20H14Br2O3. The van der Waals surface area contributed by atoms with Crippen LogP contribution >= 0.6 is 31.9 Å². The van der Waals surface area contributed by atoms with Gasteiger partial charge in [0.15, 0.2) is 6.61 Å². The van der Waals surface area contributed by atoms with Gasteiger partial charge in [-0.2, -0.15) is 0 Å². The van der Waals surface area contributed by atoms with Gasteiger partial charge in [-0.1, -0.05) is 58.4 Å². The Morgan fingerprint density at radius 1 is 0.840 bits per heavy atom. The number of rotatable bonds is 5. The Balaban J connectivity index is 1.57. The van der Waals surface area contributed by atoms with Crippen molar-refractivity contribution in [3.05, 3.63) is 81.7 Å². The smallest absolute Gasteiger partial charge is 0.349 e. The second-order valence-corrected chi connectivity index (χ2v) is 7.00. The molecule has 0 radical (unpaired) electrons. The van der Waals surface area contributed by atoms with Crippen molar-refractivity contribution < 1.29 is 14.3 Å². The standard InChI is InChI=1S/C20H14Br2O3/c21-16-8-11-19(18(22)12-16)25-20(23)13-24-17-9-6-15(7-10-17)14-4-2-1-3-5-14/h1-12H,13H2. The summed E-state index contributed by atoms with van der Waals surface area (Å²) in [5.41, 5.74) is 2.22. The number of ether oxygens (including phenoxy) is 2. The maximum atomic E-state index is 11.9. The van der Waals surface area contributed by atoms with Crippen LogP contribution in [-0.2, 0) is 4.79 Å². The van der Waals surface area contributed by atoms with Crippen LogP contribution in [0.25, 0.3) is 11.1 Å². The second-order valence-electron chi connectivity index (χ2n) is 5.23. The largest absolute Gasteiger partial charge is 0.482 e. The Labute approximate surface area is 162 Å². The van der Waals surface area contributed by atoms with Crippen LogP contribution in [0.15, 0.2) is 81.7 Å². The van der Waals surface area contributed by atoms with Crippen LogP contribution < -0.4 is 9.47 Å². The number of benzene rings is 3. The molecule has 0 aliphatic heterocycles. The minimum atomic E-state index is -0.463. The predicted octanol–water partition coefficient (Wildman–Crippen LogP) is 5.86. The van der Waals surface area contributed by atoms with Gasteiger partial charge in [0.2, 0.25) is 0 Å². The number of esters is 1. The minimum absolute atomic E-state index is 0.160. The predicted molar refractivity (Wildman–Crippen MR) is 105 cm³/mol. The lowest BCUT2D eigenvalue weighted by molar-refractivity contribution is -0.136. The van der Waals surface area contributed by atoms with E-state index >= 15 is 0 Å². The van der Waals surface area contributed by atoms with E-state index < -0.39 is 5.97 Å². The van der Waals surface area contributed by atoms with Gasteiger partial charge in [-0.15, -0.1) is 0 Å². The van der Waals surface area contributed by atoms with Crippen molar-refractivity contribution in [2.75, 3.05) is 6.61 Å². The Morgan fingerprint density at radius 2 is 1.52 bits per heavy atom. The van der Waals surface area contributed by atoms with E-state index in [9.17, 15) is 4.79 Å². The fraction of sp³-hybridized carbons (Fsp3) is 0.0500. The molecule has 0 saturated heterocycles. The summed E-state index contributed by atoms with van der Waals surface area (Å²) in [6, 6.07) is 23.0. The van der Waals surface area contributed by atoms with Gasteiger partial charge >= 0.3 is 5.97 Å². The minimum Gasteiger partial charge on any atom is -0.482 e. The molecule has 5 heteroatoms. The third kappa shape index (κ3) is 4.94. The Morgan fingerprint density at radius 3 is 2.20 bits per heavy atom. The monoisotopic (exact) mass is 460 g/mol. The van der Waals surface area contributed by atoms with Crippen molar-refractivity contribution in [1.82, 2.24) is 0 Å². The van der Waals surface area contributed by atoms with E-state index in [4.69, 9.17) is 9.47 Å². The molecule has 0 fully saturated rings. The first-order valence-electron chi connectivity index (χ1n) is 7.56. The topological polar surface area (TPSA) is 35.5 Å². The average molecular weight is 462 g/mol. The van der Waals surface area contributed by atoms with Gasteiger partial charge in [0.25, 0.3) is 0 Å². The molecule has 25 heavy (non-hydrogen) atoms. The molecule has 0 unspecified atom stereocenters. The lowest BCUT2D eigenvalue weighted by Crippen LogP contribution is -2.17. The number of hydrogen-bond acceptors (Lipinski definition) is 3. The molecule has 0 N–H and O–H groups in total. The highest BCUT2D eigenvalue weighted by molar-refractivity contribution is 9.11. The van der Waals surface area contributed by atoms with Gasteiger partial charge in [0, 0.05) is 4.47 Å². The number of hydrogen-bond donors (Lipinski definition) is 0. The molecule has 3 aromatic rings. The van der Waals surface area contributed by atoms with Crippen LogP contribution in [0.5, 0.6) is 11.5 Å².